The van der Waals surface area contributed by atoms with Crippen molar-refractivity contribution in [2.24, 2.45) is 0 Å². The predicted octanol–water partition coefficient (Wildman–Crippen LogP) is 19.8. The Bertz CT molecular complexity index is 6620. The number of hydrogen-bond acceptors (Lipinski definition) is 1. The van der Waals surface area contributed by atoms with E-state index < -0.39 is 0 Å². The van der Waals surface area contributed by atoms with Crippen LogP contribution in [0.2, 0.25) is 0 Å². The van der Waals surface area contributed by atoms with Crippen molar-refractivity contribution in [2.75, 3.05) is 0 Å². The molecule has 0 amide bonds. The van der Waals surface area contributed by atoms with Crippen molar-refractivity contribution < 1.29 is 4.79 Å². The lowest BCUT2D eigenvalue weighted by atomic mass is 9.75. The highest BCUT2D eigenvalue weighted by Gasteiger charge is 2.36. The van der Waals surface area contributed by atoms with E-state index in [-0.39, 0.29) is 5.78 Å². The second-order valence-corrected chi connectivity index (χ2v) is 26.0. The molecule has 1 heteroatoms. The second-order valence-electron chi connectivity index (χ2n) is 26.0. The molecule has 15 aromatic rings. The fourth-order valence-corrected chi connectivity index (χ4v) is 15.7. The van der Waals surface area contributed by atoms with E-state index in [4.69, 9.17) is 0 Å². The first-order valence-electron chi connectivity index (χ1n) is 34.1. The van der Waals surface area contributed by atoms with Crippen LogP contribution in [0.25, 0.3) is 110 Å². The highest BCUT2D eigenvalue weighted by atomic mass is 16.1. The summed E-state index contributed by atoms with van der Waals surface area (Å²) in [5.74, 6) is 16.0. The van der Waals surface area contributed by atoms with Gasteiger partial charge in [0.2, 0.25) is 0 Å². The first-order valence-corrected chi connectivity index (χ1v) is 34.1. The summed E-state index contributed by atoms with van der Waals surface area (Å²) in [6, 6.07) is 98.0. The Morgan fingerprint density at radius 1 is 0.390 bits per heavy atom. The van der Waals surface area contributed by atoms with E-state index in [1.165, 1.54) is 32.7 Å². The number of allylic oxidation sites excluding steroid dienone is 6. The van der Waals surface area contributed by atoms with Gasteiger partial charge in [-0.05, 0) is 202 Å². The molecule has 0 aromatic heterocycles. The lowest BCUT2D eigenvalue weighted by Crippen LogP contribution is -2.30. The highest BCUT2D eigenvalue weighted by Crippen LogP contribution is 2.45. The maximum absolute atomic E-state index is 15.8. The molecule has 0 unspecified atom stereocenters. The van der Waals surface area contributed by atoms with E-state index in [1.807, 2.05) is 48.5 Å². The maximum Gasteiger partial charge on any atom is 0.195 e. The topological polar surface area (TPSA) is 17.1 Å². The molecule has 0 radical (unpaired) electrons. The fraction of sp³-hybridized carbons (Fsp3) is 0.0202. The lowest BCUT2D eigenvalue weighted by molar-refractivity contribution is 0.104. The first kappa shape index (κ1) is 57.9. The van der Waals surface area contributed by atoms with Gasteiger partial charge in [-0.1, -0.05) is 217 Å². The minimum absolute atomic E-state index is 0.0166. The summed E-state index contributed by atoms with van der Waals surface area (Å²) in [4.78, 5) is 15.8. The summed E-state index contributed by atoms with van der Waals surface area (Å²) in [7, 11) is 0. The molecule has 0 atom stereocenters. The molecule has 0 spiro atoms. The Hall–Kier alpha value is -13.5. The monoisotopic (exact) mass is 1260 g/mol. The summed E-state index contributed by atoms with van der Waals surface area (Å²) in [5, 5.41) is 18.4. The Balaban J connectivity index is 0.821. The van der Waals surface area contributed by atoms with Gasteiger partial charge in [-0.2, -0.15) is 0 Å². The summed E-state index contributed by atoms with van der Waals surface area (Å²) >= 11 is 0. The zero-order valence-electron chi connectivity index (χ0n) is 54.3. The smallest absolute Gasteiger partial charge is 0.195 e. The maximum atomic E-state index is 15.8. The predicted molar refractivity (Wildman–Crippen MR) is 415 cm³/mol. The van der Waals surface area contributed by atoms with Gasteiger partial charge in [0.1, 0.15) is 11.5 Å². The van der Waals surface area contributed by atoms with Gasteiger partial charge in [0.25, 0.3) is 0 Å². The van der Waals surface area contributed by atoms with Gasteiger partial charge >= 0.3 is 0 Å². The molecule has 0 fully saturated rings. The number of fused-ring (bicyclic) bond motifs is 12. The van der Waals surface area contributed by atoms with Gasteiger partial charge in [0, 0.05) is 80.3 Å². The first-order chi connectivity index (χ1) is 49.5. The highest BCUT2D eigenvalue weighted by molar-refractivity contribution is 6.32. The van der Waals surface area contributed by atoms with Crippen molar-refractivity contribution in [1.82, 2.24) is 0 Å². The molecule has 0 bridgehead atoms. The third-order valence-electron chi connectivity index (χ3n) is 20.2. The molecule has 456 valence electrons. The lowest BCUT2D eigenvalue weighted by Gasteiger charge is -2.20. The van der Waals surface area contributed by atoms with Gasteiger partial charge in [0.15, 0.2) is 5.78 Å². The van der Waals surface area contributed by atoms with Crippen molar-refractivity contribution in [3.05, 3.63) is 425 Å². The zero-order valence-corrected chi connectivity index (χ0v) is 54.3. The summed E-state index contributed by atoms with van der Waals surface area (Å²) in [5.41, 5.74) is 32.8. The number of carbonyl (C=O) groups excluding carboxylic acids is 1. The minimum Gasteiger partial charge on any atom is -0.289 e. The largest absolute Gasteiger partial charge is 0.289 e. The Morgan fingerprint density at radius 3 is 1.46 bits per heavy atom. The van der Waals surface area contributed by atoms with Crippen molar-refractivity contribution in [3.63, 3.8) is 0 Å². The van der Waals surface area contributed by atoms with Crippen LogP contribution in [0.1, 0.15) is 84.4 Å². The number of hydrogen-bond donors (Lipinski definition) is 0. The molecule has 0 N–H and O–H groups in total. The molecular weight excluding hydrogens is 1210 g/mol. The van der Waals surface area contributed by atoms with E-state index in [0.717, 1.165) is 159 Å². The second kappa shape index (κ2) is 24.0. The SMILES string of the molecule is O=C(c1c2ccccc2cc2ccccc12)c1c2ccccc2c(C#CC2=CC(C#C[C+]3c4ccccc4C(=C=C4c5ccccc5[CH+]c5ccccc54)c4ccccc43)=CC(=C=C=c3c4ccccc4c(=C=c4c5c(cc6ccccc46)C=CCC=5)c4ccccc34)C2)c2ccccc12. The van der Waals surface area contributed by atoms with Crippen molar-refractivity contribution in [2.45, 2.75) is 12.8 Å². The van der Waals surface area contributed by atoms with Crippen LogP contribution in [-0.4, -0.2) is 5.78 Å². The number of benzene rings is 15. The Morgan fingerprint density at radius 2 is 0.860 bits per heavy atom. The average molecular weight is 1260 g/mol. The van der Waals surface area contributed by atoms with E-state index in [0.29, 0.717) is 17.5 Å². The molecule has 1 nitrogen and oxygen atoms in total. The van der Waals surface area contributed by atoms with Crippen LogP contribution in [0.15, 0.2) is 325 Å². The molecular formula is C99H56O+2. The van der Waals surface area contributed by atoms with Crippen LogP contribution >= 0.6 is 0 Å². The summed E-state index contributed by atoms with van der Waals surface area (Å²) in [6.07, 6.45) is 14.8. The number of rotatable bonds is 2. The minimum atomic E-state index is -0.0166. The molecule has 0 heterocycles. The standard InChI is InChI=1S/C99H56O/c100-99(97-76-35-11-5-29-70(76)60-71-30-6-12-36-77(71)97)98-91-47-23-21-41-82(91)90(83-42-22-24-48-92(83)98)54-51-65-56-63(49-52-88-78-37-13-17-43-84(78)95(85-44-18-14-38-79(85)88)61-93-72-31-7-1-25-66(72)58-67-26-2-8-32-73(67)93)55-64(57-65)50-53-89-80-39-15-19-45-86(80)96(87-46-20-16-40-81(87)89)62-94-74-33-9-3-27-68(74)59-69-28-4-10-34-75(69)94/h1-9,11-48,55-56,58-60H,10,57H2/q+2. The van der Waals surface area contributed by atoms with Crippen molar-refractivity contribution in [1.29, 1.82) is 0 Å². The summed E-state index contributed by atoms with van der Waals surface area (Å²) in [6.45, 7) is 0. The van der Waals surface area contributed by atoms with E-state index in [2.05, 4.69) is 314 Å². The molecule has 4 aliphatic carbocycles. The molecule has 100 heavy (non-hydrogen) atoms. The van der Waals surface area contributed by atoms with Crippen LogP contribution < -0.4 is 20.9 Å². The van der Waals surface area contributed by atoms with Crippen LogP contribution in [0.3, 0.4) is 0 Å². The van der Waals surface area contributed by atoms with E-state index in [9.17, 15) is 0 Å². The van der Waals surface area contributed by atoms with Crippen LogP contribution in [0.5, 0.6) is 0 Å². The van der Waals surface area contributed by atoms with Crippen LogP contribution in [0.4, 0.5) is 0 Å². The van der Waals surface area contributed by atoms with Gasteiger partial charge in [0.05, 0.1) is 55.7 Å². The fourth-order valence-electron chi connectivity index (χ4n) is 15.7. The van der Waals surface area contributed by atoms with Crippen LogP contribution in [-0.2, 0) is 0 Å². The third-order valence-corrected chi connectivity index (χ3v) is 20.2. The van der Waals surface area contributed by atoms with E-state index in [1.54, 1.807) is 0 Å². The van der Waals surface area contributed by atoms with Crippen molar-refractivity contribution in [3.8, 4) is 23.7 Å². The normalized spacial score (nSPS) is 13.2. The van der Waals surface area contributed by atoms with Gasteiger partial charge in [-0.15, -0.1) is 5.73 Å². The molecule has 4 aliphatic rings. The Kier molecular flexibility index (Phi) is 13.9. The Labute approximate surface area is 579 Å². The molecule has 19 rings (SSSR count). The third kappa shape index (κ3) is 9.77. The molecule has 0 aliphatic heterocycles. The molecule has 15 aromatic carbocycles. The zero-order chi connectivity index (χ0) is 66.2. The quantitative estimate of drug-likeness (QED) is 0.0554. The number of ketones is 1. The van der Waals surface area contributed by atoms with Gasteiger partial charge in [-0.3, -0.25) is 4.79 Å². The van der Waals surface area contributed by atoms with Gasteiger partial charge in [-0.25, -0.2) is 0 Å². The average Bonchev–Trinajstić information content (AvgIpc) is 0.743. The molecule has 0 saturated heterocycles. The summed E-state index contributed by atoms with van der Waals surface area (Å²) < 4.78 is 0. The number of carbonyl (C=O) groups is 1. The molecule has 0 saturated carbocycles. The van der Waals surface area contributed by atoms with Crippen LogP contribution in [0, 0.1) is 36.0 Å². The van der Waals surface area contributed by atoms with Gasteiger partial charge < -0.3 is 0 Å². The van der Waals surface area contributed by atoms with Crippen molar-refractivity contribution >= 4 is 116 Å². The van der Waals surface area contributed by atoms with E-state index >= 15 is 4.79 Å².